The molecule has 4 heteroatoms. The fraction of sp³-hybridized carbons (Fsp3) is 0. The van der Waals surface area contributed by atoms with Gasteiger partial charge in [-0.1, -0.05) is 0 Å². The van der Waals surface area contributed by atoms with Gasteiger partial charge in [0, 0.05) is 5.56 Å². The Morgan fingerprint density at radius 1 is 1.50 bits per heavy atom. The number of halogens is 1. The number of hydrogen-bond donors (Lipinski definition) is 1. The van der Waals surface area contributed by atoms with Crippen LogP contribution >= 0.6 is 0 Å². The minimum Gasteiger partial charge on any atom is -0.366 e. The topological polar surface area (TPSA) is 60.2 Å². The summed E-state index contributed by atoms with van der Waals surface area (Å²) in [5, 5.41) is 0. The maximum atomic E-state index is 12.5. The summed E-state index contributed by atoms with van der Waals surface area (Å²) < 4.78 is 12.5. The molecule has 0 bridgehead atoms. The highest BCUT2D eigenvalue weighted by molar-refractivity contribution is 6.00. The Labute approximate surface area is 68.0 Å². The number of hydrogen-bond acceptors (Lipinski definition) is 2. The summed E-state index contributed by atoms with van der Waals surface area (Å²) in [6, 6.07) is 3.24. The molecule has 0 aliphatic heterocycles. The van der Waals surface area contributed by atoms with Crippen LogP contribution in [0.2, 0.25) is 0 Å². The maximum Gasteiger partial charge on any atom is 0.249 e. The van der Waals surface area contributed by atoms with Crippen LogP contribution in [0, 0.1) is 5.82 Å². The molecule has 0 atom stereocenters. The minimum atomic E-state index is -0.809. The normalized spacial score (nSPS) is 9.42. The van der Waals surface area contributed by atoms with Crippen molar-refractivity contribution in [1.82, 2.24) is 0 Å². The highest BCUT2D eigenvalue weighted by Gasteiger charge is 2.07. The Morgan fingerprint density at radius 3 is 2.67 bits per heavy atom. The van der Waals surface area contributed by atoms with Crippen molar-refractivity contribution >= 4 is 12.2 Å². The second kappa shape index (κ2) is 3.13. The van der Waals surface area contributed by atoms with Gasteiger partial charge < -0.3 is 5.73 Å². The zero-order valence-electron chi connectivity index (χ0n) is 6.08. The maximum absolute atomic E-state index is 12.5. The lowest BCUT2D eigenvalue weighted by Crippen LogP contribution is -2.13. The van der Waals surface area contributed by atoms with Gasteiger partial charge in [-0.3, -0.25) is 9.59 Å². The molecule has 1 aromatic rings. The van der Waals surface area contributed by atoms with E-state index in [1.165, 1.54) is 6.07 Å². The minimum absolute atomic E-state index is 0.0926. The lowest BCUT2D eigenvalue weighted by molar-refractivity contribution is 0.0992. The predicted molar refractivity (Wildman–Crippen MR) is 40.3 cm³/mol. The van der Waals surface area contributed by atoms with Gasteiger partial charge in [-0.2, -0.15) is 0 Å². The second-order valence-electron chi connectivity index (χ2n) is 2.21. The van der Waals surface area contributed by atoms with Crippen LogP contribution in [0.15, 0.2) is 18.2 Å². The van der Waals surface area contributed by atoms with Crippen LogP contribution in [0.3, 0.4) is 0 Å². The average Bonchev–Trinajstić information content (AvgIpc) is 2.04. The quantitative estimate of drug-likeness (QED) is 0.660. The van der Waals surface area contributed by atoms with Gasteiger partial charge in [0.25, 0.3) is 0 Å². The zero-order valence-corrected chi connectivity index (χ0v) is 6.08. The Hall–Kier alpha value is -1.71. The number of amides is 1. The lowest BCUT2D eigenvalue weighted by atomic mass is 10.1. The molecule has 0 saturated heterocycles. The van der Waals surface area contributed by atoms with Gasteiger partial charge in [0.2, 0.25) is 5.91 Å². The van der Waals surface area contributed by atoms with Crippen LogP contribution in [-0.4, -0.2) is 12.2 Å². The first-order valence-electron chi connectivity index (χ1n) is 3.19. The van der Waals surface area contributed by atoms with E-state index < -0.39 is 11.7 Å². The van der Waals surface area contributed by atoms with E-state index in [-0.39, 0.29) is 11.1 Å². The van der Waals surface area contributed by atoms with Gasteiger partial charge in [-0.05, 0) is 18.2 Å². The Morgan fingerprint density at radius 2 is 2.17 bits per heavy atom. The van der Waals surface area contributed by atoms with Crippen LogP contribution in [0.1, 0.15) is 20.7 Å². The fourth-order valence-corrected chi connectivity index (χ4v) is 0.845. The van der Waals surface area contributed by atoms with Crippen molar-refractivity contribution in [2.24, 2.45) is 5.73 Å². The molecular weight excluding hydrogens is 161 g/mol. The number of benzene rings is 1. The summed E-state index contributed by atoms with van der Waals surface area (Å²) in [5.41, 5.74) is 4.90. The lowest BCUT2D eigenvalue weighted by Gasteiger charge is -1.98. The molecule has 0 spiro atoms. The summed E-state index contributed by atoms with van der Waals surface area (Å²) in [6.45, 7) is 0. The molecule has 1 amide bonds. The van der Waals surface area contributed by atoms with Gasteiger partial charge in [0.15, 0.2) is 6.29 Å². The van der Waals surface area contributed by atoms with Crippen molar-refractivity contribution in [2.75, 3.05) is 0 Å². The molecule has 0 aliphatic carbocycles. The number of rotatable bonds is 2. The molecule has 1 rings (SSSR count). The van der Waals surface area contributed by atoms with Gasteiger partial charge in [-0.15, -0.1) is 0 Å². The molecular formula is C8H6FNO2. The molecule has 2 N–H and O–H groups in total. The molecule has 12 heavy (non-hydrogen) atoms. The van der Waals surface area contributed by atoms with Crippen LogP contribution < -0.4 is 5.73 Å². The zero-order chi connectivity index (χ0) is 9.14. The van der Waals surface area contributed by atoms with E-state index in [9.17, 15) is 14.0 Å². The molecule has 62 valence electrons. The predicted octanol–water partition coefficient (Wildman–Crippen LogP) is 0.737. The third-order valence-electron chi connectivity index (χ3n) is 1.41. The molecule has 0 radical (unpaired) electrons. The molecule has 0 aromatic heterocycles. The van der Waals surface area contributed by atoms with Crippen LogP contribution in [-0.2, 0) is 0 Å². The van der Waals surface area contributed by atoms with Crippen molar-refractivity contribution < 1.29 is 14.0 Å². The summed E-state index contributed by atoms with van der Waals surface area (Å²) >= 11 is 0. The molecule has 0 fully saturated rings. The summed E-state index contributed by atoms with van der Waals surface area (Å²) in [5.74, 6) is -1.40. The SMILES string of the molecule is NC(=O)c1cc(F)ccc1C=O. The average molecular weight is 167 g/mol. The molecule has 0 unspecified atom stereocenters. The van der Waals surface area contributed by atoms with Gasteiger partial charge in [0.1, 0.15) is 5.82 Å². The van der Waals surface area contributed by atoms with Crippen molar-refractivity contribution in [3.8, 4) is 0 Å². The largest absolute Gasteiger partial charge is 0.366 e. The van der Waals surface area contributed by atoms with E-state index in [0.29, 0.717) is 6.29 Å². The number of carbonyl (C=O) groups is 2. The number of primary amides is 1. The summed E-state index contributed by atoms with van der Waals surface area (Å²) in [6.07, 6.45) is 0.458. The smallest absolute Gasteiger partial charge is 0.249 e. The standard InChI is InChI=1S/C8H6FNO2/c9-6-2-1-5(4-11)7(3-6)8(10)12/h1-4H,(H2,10,12). The van der Waals surface area contributed by atoms with Crippen LogP contribution in [0.5, 0.6) is 0 Å². The van der Waals surface area contributed by atoms with Crippen molar-refractivity contribution in [2.45, 2.75) is 0 Å². The Balaban J connectivity index is 3.30. The third-order valence-corrected chi connectivity index (χ3v) is 1.41. The molecule has 1 aromatic carbocycles. The van der Waals surface area contributed by atoms with E-state index in [1.54, 1.807) is 0 Å². The third kappa shape index (κ3) is 1.47. The highest BCUT2D eigenvalue weighted by atomic mass is 19.1. The van der Waals surface area contributed by atoms with Gasteiger partial charge >= 0.3 is 0 Å². The first-order chi connectivity index (χ1) is 5.65. The van der Waals surface area contributed by atoms with Crippen LogP contribution in [0.25, 0.3) is 0 Å². The number of aldehydes is 1. The van der Waals surface area contributed by atoms with Gasteiger partial charge in [-0.25, -0.2) is 4.39 Å². The Kier molecular flexibility index (Phi) is 2.19. The van der Waals surface area contributed by atoms with E-state index in [1.807, 2.05) is 0 Å². The van der Waals surface area contributed by atoms with E-state index >= 15 is 0 Å². The summed E-state index contributed by atoms with van der Waals surface area (Å²) in [7, 11) is 0. The number of nitrogens with two attached hydrogens (primary N) is 1. The highest BCUT2D eigenvalue weighted by Crippen LogP contribution is 2.08. The van der Waals surface area contributed by atoms with Crippen molar-refractivity contribution in [3.63, 3.8) is 0 Å². The van der Waals surface area contributed by atoms with Gasteiger partial charge in [0.05, 0.1) is 5.56 Å². The monoisotopic (exact) mass is 167 g/mol. The summed E-state index contributed by atoms with van der Waals surface area (Å²) in [4.78, 5) is 20.9. The first-order valence-corrected chi connectivity index (χ1v) is 3.19. The second-order valence-corrected chi connectivity index (χ2v) is 2.21. The van der Waals surface area contributed by atoms with Crippen molar-refractivity contribution in [3.05, 3.63) is 35.1 Å². The van der Waals surface area contributed by atoms with E-state index in [4.69, 9.17) is 5.73 Å². The van der Waals surface area contributed by atoms with E-state index in [0.717, 1.165) is 12.1 Å². The first kappa shape index (κ1) is 8.39. The van der Waals surface area contributed by atoms with Crippen molar-refractivity contribution in [1.29, 1.82) is 0 Å². The van der Waals surface area contributed by atoms with E-state index in [2.05, 4.69) is 0 Å². The molecule has 0 saturated carbocycles. The fourth-order valence-electron chi connectivity index (χ4n) is 0.845. The van der Waals surface area contributed by atoms with Crippen LogP contribution in [0.4, 0.5) is 4.39 Å². The molecule has 0 aliphatic rings. The molecule has 0 heterocycles. The Bertz CT molecular complexity index is 336. The molecule has 3 nitrogen and oxygen atoms in total. The number of carbonyl (C=O) groups excluding carboxylic acids is 2.